The van der Waals surface area contributed by atoms with Crippen LogP contribution in [0.1, 0.15) is 18.3 Å². The van der Waals surface area contributed by atoms with Gasteiger partial charge in [0.15, 0.2) is 0 Å². The van der Waals surface area contributed by atoms with Gasteiger partial charge >= 0.3 is 0 Å². The summed E-state index contributed by atoms with van der Waals surface area (Å²) in [7, 11) is 1.63. The van der Waals surface area contributed by atoms with Gasteiger partial charge in [0, 0.05) is 13.1 Å². The summed E-state index contributed by atoms with van der Waals surface area (Å²) in [4.78, 5) is 32.9. The number of aromatic nitrogens is 2. The van der Waals surface area contributed by atoms with Gasteiger partial charge in [-0.05, 0) is 41.6 Å². The molecular weight excluding hydrogens is 341 g/mol. The third-order valence-electron chi connectivity index (χ3n) is 3.77. The topological polar surface area (TPSA) is 66.1 Å². The van der Waals surface area contributed by atoms with Crippen LogP contribution in [0.15, 0.2) is 46.6 Å². The van der Waals surface area contributed by atoms with E-state index in [1.54, 1.807) is 37.6 Å². The first kappa shape index (κ1) is 17.0. The molecule has 25 heavy (non-hydrogen) atoms. The Morgan fingerprint density at radius 3 is 2.76 bits per heavy atom. The highest BCUT2D eigenvalue weighted by Crippen LogP contribution is 2.16. The fraction of sp³-hybridized carbons (Fsp3) is 0.167. The normalized spacial score (nSPS) is 11.7. The summed E-state index contributed by atoms with van der Waals surface area (Å²) < 4.78 is 13.5. The minimum absolute atomic E-state index is 0.188. The monoisotopic (exact) mass is 357 g/mol. The third kappa shape index (κ3) is 3.83. The molecule has 2 aromatic heterocycles. The van der Waals surface area contributed by atoms with Crippen LogP contribution in [0.2, 0.25) is 0 Å². The summed E-state index contributed by atoms with van der Waals surface area (Å²) in [5.41, 5.74) is 1.93. The maximum Gasteiger partial charge on any atom is 0.268 e. The Balaban J connectivity index is 1.76. The molecule has 0 atom stereocenters. The number of benzene rings is 1. The van der Waals surface area contributed by atoms with E-state index in [0.29, 0.717) is 16.0 Å². The lowest BCUT2D eigenvalue weighted by Gasteiger charge is -2.15. The minimum atomic E-state index is -0.321. The van der Waals surface area contributed by atoms with Crippen molar-refractivity contribution in [2.75, 3.05) is 7.05 Å². The van der Waals surface area contributed by atoms with Gasteiger partial charge in [-0.25, -0.2) is 9.37 Å². The summed E-state index contributed by atoms with van der Waals surface area (Å²) in [5, 5.41) is 1.81. The van der Waals surface area contributed by atoms with Crippen LogP contribution in [-0.2, 0) is 11.3 Å². The summed E-state index contributed by atoms with van der Waals surface area (Å²) in [6.45, 7) is 1.98. The molecule has 0 bridgehead atoms. The zero-order chi connectivity index (χ0) is 18.0. The van der Waals surface area contributed by atoms with E-state index >= 15 is 0 Å². The number of nitrogens with zero attached hydrogens (tertiary/aromatic N) is 2. The van der Waals surface area contributed by atoms with Gasteiger partial charge in [0.2, 0.25) is 5.91 Å². The van der Waals surface area contributed by atoms with E-state index in [1.165, 1.54) is 34.4 Å². The number of fused-ring (bicyclic) bond motifs is 1. The van der Waals surface area contributed by atoms with Gasteiger partial charge in [0.05, 0.1) is 12.1 Å². The molecule has 2 heterocycles. The standard InChI is InChI=1S/C18H16FN3O2S/c1-11(12-3-5-13(19)6-4-12)9-16(23)22(2)10-15-20-14-7-8-25-17(14)18(24)21-15/h3-9H,10H2,1-2H3,(H,20,21,24)/b11-9+. The molecule has 0 radical (unpaired) electrons. The van der Waals surface area contributed by atoms with Gasteiger partial charge < -0.3 is 9.88 Å². The summed E-state index contributed by atoms with van der Waals surface area (Å²) >= 11 is 1.33. The number of rotatable bonds is 4. The van der Waals surface area contributed by atoms with Crippen molar-refractivity contribution in [2.45, 2.75) is 13.5 Å². The van der Waals surface area contributed by atoms with Crippen molar-refractivity contribution in [1.82, 2.24) is 14.9 Å². The van der Waals surface area contributed by atoms with Crippen molar-refractivity contribution in [3.63, 3.8) is 0 Å². The molecule has 0 spiro atoms. The van der Waals surface area contributed by atoms with Crippen LogP contribution in [-0.4, -0.2) is 27.8 Å². The van der Waals surface area contributed by atoms with E-state index in [2.05, 4.69) is 9.97 Å². The molecule has 128 valence electrons. The maximum absolute atomic E-state index is 13.0. The molecule has 1 aromatic carbocycles. The highest BCUT2D eigenvalue weighted by molar-refractivity contribution is 7.17. The van der Waals surface area contributed by atoms with Crippen molar-refractivity contribution in [3.05, 3.63) is 69.3 Å². The first-order valence-electron chi connectivity index (χ1n) is 7.60. The number of likely N-dealkylation sites (N-methyl/N-ethyl adjacent to an activating group) is 1. The lowest BCUT2D eigenvalue weighted by Crippen LogP contribution is -2.26. The van der Waals surface area contributed by atoms with E-state index in [-0.39, 0.29) is 23.8 Å². The second-order valence-corrected chi connectivity index (χ2v) is 6.59. The molecule has 0 aliphatic heterocycles. The van der Waals surface area contributed by atoms with Crippen molar-refractivity contribution in [3.8, 4) is 0 Å². The molecule has 0 saturated carbocycles. The maximum atomic E-state index is 13.0. The van der Waals surface area contributed by atoms with Crippen LogP contribution in [0, 0.1) is 5.82 Å². The number of hydrogen-bond acceptors (Lipinski definition) is 4. The first-order valence-corrected chi connectivity index (χ1v) is 8.48. The number of H-pyrrole nitrogens is 1. The van der Waals surface area contributed by atoms with Gasteiger partial charge in [-0.15, -0.1) is 11.3 Å². The number of aromatic amines is 1. The van der Waals surface area contributed by atoms with Gasteiger partial charge in [0.25, 0.3) is 5.56 Å². The van der Waals surface area contributed by atoms with Gasteiger partial charge in [-0.2, -0.15) is 0 Å². The summed E-state index contributed by atoms with van der Waals surface area (Å²) in [5.74, 6) is -0.117. The van der Waals surface area contributed by atoms with Crippen LogP contribution in [0.3, 0.4) is 0 Å². The molecule has 3 rings (SSSR count). The minimum Gasteiger partial charge on any atom is -0.335 e. The molecule has 3 aromatic rings. The predicted molar refractivity (Wildman–Crippen MR) is 96.8 cm³/mol. The lowest BCUT2D eigenvalue weighted by atomic mass is 10.1. The fourth-order valence-electron chi connectivity index (χ4n) is 2.39. The largest absolute Gasteiger partial charge is 0.335 e. The van der Waals surface area contributed by atoms with Gasteiger partial charge in [-0.1, -0.05) is 12.1 Å². The summed E-state index contributed by atoms with van der Waals surface area (Å²) in [6, 6.07) is 7.73. The lowest BCUT2D eigenvalue weighted by molar-refractivity contribution is -0.125. The van der Waals surface area contributed by atoms with E-state index in [0.717, 1.165) is 11.1 Å². The highest BCUT2D eigenvalue weighted by Gasteiger charge is 2.11. The molecule has 0 unspecified atom stereocenters. The molecule has 0 aliphatic carbocycles. The van der Waals surface area contributed by atoms with E-state index in [9.17, 15) is 14.0 Å². The smallest absolute Gasteiger partial charge is 0.268 e. The van der Waals surface area contributed by atoms with Crippen LogP contribution >= 0.6 is 11.3 Å². The molecule has 5 nitrogen and oxygen atoms in total. The molecular formula is C18H16FN3O2S. The number of amides is 1. The Morgan fingerprint density at radius 2 is 2.04 bits per heavy atom. The summed E-state index contributed by atoms with van der Waals surface area (Å²) in [6.07, 6.45) is 1.48. The van der Waals surface area contributed by atoms with Gasteiger partial charge in [-0.3, -0.25) is 9.59 Å². The number of thiophene rings is 1. The van der Waals surface area contributed by atoms with Crippen molar-refractivity contribution < 1.29 is 9.18 Å². The molecule has 7 heteroatoms. The van der Waals surface area contributed by atoms with Crippen LogP contribution in [0.25, 0.3) is 15.8 Å². The SMILES string of the molecule is C/C(=C\C(=O)N(C)Cc1nc2ccsc2c(=O)[nH]1)c1ccc(F)cc1. The number of nitrogens with one attached hydrogen (secondary N) is 1. The number of carbonyl (C=O) groups is 1. The number of allylic oxidation sites excluding steroid dienone is 1. The van der Waals surface area contributed by atoms with Crippen LogP contribution in [0.5, 0.6) is 0 Å². The molecule has 0 fully saturated rings. The quantitative estimate of drug-likeness (QED) is 0.729. The zero-order valence-corrected chi connectivity index (χ0v) is 14.6. The Kier molecular flexibility index (Phi) is 4.76. The Labute approximate surface area is 147 Å². The van der Waals surface area contributed by atoms with Gasteiger partial charge in [0.1, 0.15) is 16.3 Å². The van der Waals surface area contributed by atoms with Crippen molar-refractivity contribution >= 4 is 33.0 Å². The predicted octanol–water partition coefficient (Wildman–Crippen LogP) is 3.19. The second-order valence-electron chi connectivity index (χ2n) is 5.68. The highest BCUT2D eigenvalue weighted by atomic mass is 32.1. The fourth-order valence-corrected chi connectivity index (χ4v) is 3.12. The average Bonchev–Trinajstić information content (AvgIpc) is 3.04. The molecule has 1 N–H and O–H groups in total. The first-order chi connectivity index (χ1) is 11.9. The van der Waals surface area contributed by atoms with Crippen molar-refractivity contribution in [1.29, 1.82) is 0 Å². The zero-order valence-electron chi connectivity index (χ0n) is 13.7. The Hall–Kier alpha value is -2.80. The van der Waals surface area contributed by atoms with Crippen LogP contribution < -0.4 is 5.56 Å². The van der Waals surface area contributed by atoms with Crippen LogP contribution in [0.4, 0.5) is 4.39 Å². The molecule has 0 aliphatic rings. The third-order valence-corrected chi connectivity index (χ3v) is 4.67. The Bertz CT molecular complexity index is 1010. The molecule has 0 saturated heterocycles. The molecule has 1 amide bonds. The number of hydrogen-bond donors (Lipinski definition) is 1. The average molecular weight is 357 g/mol. The van der Waals surface area contributed by atoms with Crippen molar-refractivity contribution in [2.24, 2.45) is 0 Å². The van der Waals surface area contributed by atoms with E-state index in [1.807, 2.05) is 0 Å². The Morgan fingerprint density at radius 1 is 1.32 bits per heavy atom. The van der Waals surface area contributed by atoms with E-state index in [4.69, 9.17) is 0 Å². The second kappa shape index (κ2) is 6.98. The number of halogens is 1. The van der Waals surface area contributed by atoms with E-state index < -0.39 is 0 Å². The number of carbonyl (C=O) groups excluding carboxylic acids is 1.